The van der Waals surface area contributed by atoms with Gasteiger partial charge in [-0.3, -0.25) is 4.79 Å². The van der Waals surface area contributed by atoms with E-state index in [2.05, 4.69) is 21.1 Å². The van der Waals surface area contributed by atoms with E-state index >= 15 is 0 Å². The minimum absolute atomic E-state index is 0.163. The summed E-state index contributed by atoms with van der Waals surface area (Å²) in [6.45, 7) is 1.43. The number of aromatic nitrogens is 1. The van der Waals surface area contributed by atoms with Crippen molar-refractivity contribution in [2.45, 2.75) is 6.92 Å². The SMILES string of the molecule is COc1ccc(-c2noc(C(C)=O)c2Br)cc1. The molecule has 1 aromatic heterocycles. The molecule has 0 aliphatic heterocycles. The fourth-order valence-corrected chi connectivity index (χ4v) is 2.08. The third kappa shape index (κ3) is 2.24. The van der Waals surface area contributed by atoms with E-state index < -0.39 is 0 Å². The Balaban J connectivity index is 2.42. The highest BCUT2D eigenvalue weighted by Gasteiger charge is 2.18. The second kappa shape index (κ2) is 4.71. The molecule has 88 valence electrons. The number of halogens is 1. The van der Waals surface area contributed by atoms with Crippen LogP contribution in [-0.2, 0) is 0 Å². The summed E-state index contributed by atoms with van der Waals surface area (Å²) in [5, 5.41) is 3.88. The molecule has 0 spiro atoms. The summed E-state index contributed by atoms with van der Waals surface area (Å²) in [5.41, 5.74) is 1.46. The van der Waals surface area contributed by atoms with Gasteiger partial charge < -0.3 is 9.26 Å². The molecular weight excluding hydrogens is 286 g/mol. The lowest BCUT2D eigenvalue weighted by molar-refractivity contribution is 0.0977. The van der Waals surface area contributed by atoms with Crippen LogP contribution in [0.1, 0.15) is 17.5 Å². The van der Waals surface area contributed by atoms with Crippen LogP contribution in [0, 0.1) is 0 Å². The average molecular weight is 296 g/mol. The van der Waals surface area contributed by atoms with Crippen LogP contribution < -0.4 is 4.74 Å². The van der Waals surface area contributed by atoms with Crippen molar-refractivity contribution < 1.29 is 14.1 Å². The first kappa shape index (κ1) is 11.9. The van der Waals surface area contributed by atoms with Gasteiger partial charge in [-0.15, -0.1) is 0 Å². The number of carbonyl (C=O) groups excluding carboxylic acids is 1. The van der Waals surface area contributed by atoms with Crippen LogP contribution in [0.4, 0.5) is 0 Å². The van der Waals surface area contributed by atoms with Crippen LogP contribution in [0.3, 0.4) is 0 Å². The number of Topliss-reactive ketones (excluding diaryl/α,β-unsaturated/α-hetero) is 1. The Labute approximate surface area is 107 Å². The molecule has 0 aliphatic carbocycles. The maximum absolute atomic E-state index is 11.2. The highest BCUT2D eigenvalue weighted by atomic mass is 79.9. The van der Waals surface area contributed by atoms with Gasteiger partial charge in [-0.25, -0.2) is 0 Å². The van der Waals surface area contributed by atoms with E-state index in [1.165, 1.54) is 6.92 Å². The van der Waals surface area contributed by atoms with E-state index in [0.717, 1.165) is 11.3 Å². The van der Waals surface area contributed by atoms with Crippen LogP contribution in [0.5, 0.6) is 5.75 Å². The fraction of sp³-hybridized carbons (Fsp3) is 0.167. The van der Waals surface area contributed by atoms with Gasteiger partial charge >= 0.3 is 0 Å². The topological polar surface area (TPSA) is 52.3 Å². The first-order chi connectivity index (χ1) is 8.13. The number of carbonyl (C=O) groups is 1. The molecule has 0 saturated heterocycles. The van der Waals surface area contributed by atoms with Gasteiger partial charge in [-0.05, 0) is 40.2 Å². The summed E-state index contributed by atoms with van der Waals surface area (Å²) in [4.78, 5) is 11.2. The third-order valence-corrected chi connectivity index (χ3v) is 3.05. The molecule has 1 aromatic carbocycles. The Kier molecular flexibility index (Phi) is 3.28. The Hall–Kier alpha value is -1.62. The van der Waals surface area contributed by atoms with Crippen molar-refractivity contribution in [3.05, 3.63) is 34.5 Å². The highest BCUT2D eigenvalue weighted by Crippen LogP contribution is 2.31. The Morgan fingerprint density at radius 3 is 2.47 bits per heavy atom. The number of hydrogen-bond acceptors (Lipinski definition) is 4. The first-order valence-electron chi connectivity index (χ1n) is 4.94. The standard InChI is InChI=1S/C12H10BrNO3/c1-7(15)12-10(13)11(14-17-12)8-3-5-9(16-2)6-4-8/h3-6H,1-2H3. The van der Waals surface area contributed by atoms with Crippen LogP contribution in [-0.4, -0.2) is 18.0 Å². The van der Waals surface area contributed by atoms with Gasteiger partial charge in [0.2, 0.25) is 5.76 Å². The molecule has 0 atom stereocenters. The number of hydrogen-bond donors (Lipinski definition) is 0. The van der Waals surface area contributed by atoms with E-state index in [1.54, 1.807) is 7.11 Å². The molecular formula is C12H10BrNO3. The molecule has 0 N–H and O–H groups in total. The van der Waals surface area contributed by atoms with Crippen molar-refractivity contribution in [2.75, 3.05) is 7.11 Å². The van der Waals surface area contributed by atoms with Crippen molar-refractivity contribution in [2.24, 2.45) is 0 Å². The van der Waals surface area contributed by atoms with Gasteiger partial charge in [0.05, 0.1) is 11.6 Å². The molecule has 5 heteroatoms. The van der Waals surface area contributed by atoms with Crippen LogP contribution >= 0.6 is 15.9 Å². The average Bonchev–Trinajstić information content (AvgIpc) is 2.71. The monoisotopic (exact) mass is 295 g/mol. The Morgan fingerprint density at radius 2 is 2.00 bits per heavy atom. The van der Waals surface area contributed by atoms with Gasteiger partial charge in [0.15, 0.2) is 5.78 Å². The molecule has 0 saturated carbocycles. The molecule has 0 aliphatic rings. The number of ether oxygens (including phenoxy) is 1. The molecule has 0 fully saturated rings. The van der Waals surface area contributed by atoms with Crippen molar-refractivity contribution in [3.8, 4) is 17.0 Å². The quantitative estimate of drug-likeness (QED) is 0.815. The zero-order chi connectivity index (χ0) is 12.4. The zero-order valence-electron chi connectivity index (χ0n) is 9.36. The number of methoxy groups -OCH3 is 1. The van der Waals surface area contributed by atoms with E-state index in [1.807, 2.05) is 24.3 Å². The van der Waals surface area contributed by atoms with E-state index in [4.69, 9.17) is 9.26 Å². The minimum Gasteiger partial charge on any atom is -0.497 e. The molecule has 17 heavy (non-hydrogen) atoms. The second-order valence-electron chi connectivity index (χ2n) is 3.46. The maximum atomic E-state index is 11.2. The number of ketones is 1. The molecule has 0 unspecified atom stereocenters. The number of nitrogens with zero attached hydrogens (tertiary/aromatic N) is 1. The van der Waals surface area contributed by atoms with Crippen LogP contribution in [0.2, 0.25) is 0 Å². The lowest BCUT2D eigenvalue weighted by Gasteiger charge is -2.00. The van der Waals surface area contributed by atoms with Crippen molar-refractivity contribution in [1.82, 2.24) is 5.16 Å². The number of benzene rings is 1. The van der Waals surface area contributed by atoms with E-state index in [0.29, 0.717) is 10.2 Å². The highest BCUT2D eigenvalue weighted by molar-refractivity contribution is 9.10. The van der Waals surface area contributed by atoms with Crippen LogP contribution in [0.15, 0.2) is 33.3 Å². The van der Waals surface area contributed by atoms with Gasteiger partial charge in [0.1, 0.15) is 11.4 Å². The molecule has 2 aromatic rings. The van der Waals surface area contributed by atoms with Gasteiger partial charge in [0, 0.05) is 12.5 Å². The fourth-order valence-electron chi connectivity index (χ4n) is 1.43. The second-order valence-corrected chi connectivity index (χ2v) is 4.25. The normalized spacial score (nSPS) is 10.3. The summed E-state index contributed by atoms with van der Waals surface area (Å²) in [7, 11) is 1.61. The minimum atomic E-state index is -0.163. The van der Waals surface area contributed by atoms with Crippen molar-refractivity contribution in [3.63, 3.8) is 0 Å². The molecule has 2 rings (SSSR count). The Bertz CT molecular complexity index is 545. The Morgan fingerprint density at radius 1 is 1.35 bits per heavy atom. The smallest absolute Gasteiger partial charge is 0.216 e. The summed E-state index contributed by atoms with van der Waals surface area (Å²) in [6.07, 6.45) is 0. The van der Waals surface area contributed by atoms with E-state index in [-0.39, 0.29) is 11.5 Å². The van der Waals surface area contributed by atoms with E-state index in [9.17, 15) is 4.79 Å². The molecule has 0 amide bonds. The zero-order valence-corrected chi connectivity index (χ0v) is 10.9. The third-order valence-electron chi connectivity index (χ3n) is 2.32. The largest absolute Gasteiger partial charge is 0.497 e. The lowest BCUT2D eigenvalue weighted by atomic mass is 10.1. The maximum Gasteiger partial charge on any atom is 0.216 e. The molecule has 4 nitrogen and oxygen atoms in total. The molecule has 0 bridgehead atoms. The predicted molar refractivity (Wildman–Crippen MR) is 66.2 cm³/mol. The molecule has 1 heterocycles. The summed E-state index contributed by atoms with van der Waals surface area (Å²) >= 11 is 3.32. The van der Waals surface area contributed by atoms with Gasteiger partial charge in [0.25, 0.3) is 0 Å². The predicted octanol–water partition coefficient (Wildman–Crippen LogP) is 3.32. The van der Waals surface area contributed by atoms with Crippen molar-refractivity contribution in [1.29, 1.82) is 0 Å². The van der Waals surface area contributed by atoms with Crippen LogP contribution in [0.25, 0.3) is 11.3 Å². The summed E-state index contributed by atoms with van der Waals surface area (Å²) < 4.78 is 10.6. The van der Waals surface area contributed by atoms with Gasteiger partial charge in [-0.1, -0.05) is 5.16 Å². The summed E-state index contributed by atoms with van der Waals surface area (Å²) in [5.74, 6) is 0.833. The number of rotatable bonds is 3. The van der Waals surface area contributed by atoms with Crippen molar-refractivity contribution >= 4 is 21.7 Å². The summed E-state index contributed by atoms with van der Waals surface area (Å²) in [6, 6.07) is 7.35. The molecule has 0 radical (unpaired) electrons. The first-order valence-corrected chi connectivity index (χ1v) is 5.73. The lowest BCUT2D eigenvalue weighted by Crippen LogP contribution is -1.89. The van der Waals surface area contributed by atoms with Gasteiger partial charge in [-0.2, -0.15) is 0 Å².